The summed E-state index contributed by atoms with van der Waals surface area (Å²) < 4.78 is 71.2. The molecule has 0 amide bonds. The van der Waals surface area contributed by atoms with Gasteiger partial charge in [-0.1, -0.05) is 42.5 Å². The zero-order chi connectivity index (χ0) is 20.6. The van der Waals surface area contributed by atoms with E-state index in [0.29, 0.717) is 5.56 Å². The minimum atomic E-state index is -4.38. The van der Waals surface area contributed by atoms with E-state index in [2.05, 4.69) is 4.99 Å². The third-order valence-electron chi connectivity index (χ3n) is 4.67. The van der Waals surface area contributed by atoms with Gasteiger partial charge in [0.2, 0.25) is 5.90 Å². The third-order valence-corrected chi connectivity index (χ3v) is 4.67. The Kier molecular flexibility index (Phi) is 4.82. The van der Waals surface area contributed by atoms with Crippen LogP contribution in [0, 0.1) is 11.6 Å². The molecule has 2 nitrogen and oxygen atoms in total. The van der Waals surface area contributed by atoms with E-state index in [9.17, 15) is 22.0 Å². The molecule has 0 fully saturated rings. The molecule has 3 aromatic rings. The molecule has 148 valence electrons. The fourth-order valence-electron chi connectivity index (χ4n) is 3.13. The second kappa shape index (κ2) is 7.31. The lowest BCUT2D eigenvalue weighted by Gasteiger charge is -2.09. The van der Waals surface area contributed by atoms with Crippen molar-refractivity contribution in [1.29, 1.82) is 0 Å². The highest BCUT2D eigenvalue weighted by Gasteiger charge is 2.30. The van der Waals surface area contributed by atoms with Gasteiger partial charge in [-0.05, 0) is 41.0 Å². The van der Waals surface area contributed by atoms with Crippen LogP contribution in [0.25, 0.3) is 11.1 Å². The second-order valence-corrected chi connectivity index (χ2v) is 6.55. The van der Waals surface area contributed by atoms with Gasteiger partial charge in [0.15, 0.2) is 0 Å². The van der Waals surface area contributed by atoms with Crippen molar-refractivity contribution in [3.8, 4) is 11.1 Å². The van der Waals surface area contributed by atoms with Gasteiger partial charge in [0.25, 0.3) is 0 Å². The highest BCUT2D eigenvalue weighted by molar-refractivity contribution is 5.95. The largest absolute Gasteiger partial charge is 0.475 e. The summed E-state index contributed by atoms with van der Waals surface area (Å²) in [7, 11) is 0. The van der Waals surface area contributed by atoms with Crippen LogP contribution in [0.5, 0.6) is 0 Å². The molecule has 1 aliphatic heterocycles. The van der Waals surface area contributed by atoms with Crippen LogP contribution in [0.1, 0.15) is 22.7 Å². The zero-order valence-electron chi connectivity index (χ0n) is 14.9. The quantitative estimate of drug-likeness (QED) is 0.480. The Morgan fingerprint density at radius 2 is 1.34 bits per heavy atom. The van der Waals surface area contributed by atoms with Crippen LogP contribution in [0.4, 0.5) is 22.0 Å². The molecular formula is C22H14F5NO. The topological polar surface area (TPSA) is 21.6 Å². The summed E-state index contributed by atoms with van der Waals surface area (Å²) in [5.74, 6) is -1.58. The summed E-state index contributed by atoms with van der Waals surface area (Å²) in [6, 6.07) is 15.1. The fraction of sp³-hybridized carbons (Fsp3) is 0.136. The third kappa shape index (κ3) is 3.85. The second-order valence-electron chi connectivity index (χ2n) is 6.55. The molecule has 4 rings (SSSR count). The van der Waals surface area contributed by atoms with Crippen molar-refractivity contribution in [3.05, 3.63) is 95.1 Å². The minimum absolute atomic E-state index is 0.0857. The van der Waals surface area contributed by atoms with Crippen LogP contribution in [0.15, 0.2) is 71.7 Å². The molecule has 1 atom stereocenters. The number of ether oxygens (including phenoxy) is 1. The molecule has 3 aromatic carbocycles. The van der Waals surface area contributed by atoms with Crippen LogP contribution in [-0.2, 0) is 10.9 Å². The molecule has 0 bridgehead atoms. The summed E-state index contributed by atoms with van der Waals surface area (Å²) >= 11 is 0. The molecule has 0 saturated carbocycles. The molecular weight excluding hydrogens is 389 g/mol. The number of halogens is 5. The number of rotatable bonds is 3. The maximum absolute atomic E-state index is 13.9. The molecule has 1 heterocycles. The average Bonchev–Trinajstić information content (AvgIpc) is 3.17. The Balaban J connectivity index is 1.55. The maximum Gasteiger partial charge on any atom is 0.416 e. The van der Waals surface area contributed by atoms with Crippen molar-refractivity contribution < 1.29 is 26.7 Å². The van der Waals surface area contributed by atoms with Gasteiger partial charge >= 0.3 is 6.18 Å². The van der Waals surface area contributed by atoms with Gasteiger partial charge in [0.05, 0.1) is 5.56 Å². The van der Waals surface area contributed by atoms with Gasteiger partial charge in [0.1, 0.15) is 29.8 Å². The maximum atomic E-state index is 13.9. The summed E-state index contributed by atoms with van der Waals surface area (Å²) in [4.78, 5) is 4.28. The normalized spacial score (nSPS) is 16.4. The van der Waals surface area contributed by atoms with Crippen molar-refractivity contribution in [1.82, 2.24) is 0 Å². The Labute approximate surface area is 163 Å². The summed E-state index contributed by atoms with van der Waals surface area (Å²) in [5.41, 5.74) is 1.16. The van der Waals surface area contributed by atoms with Gasteiger partial charge in [-0.25, -0.2) is 13.8 Å². The van der Waals surface area contributed by atoms with Gasteiger partial charge in [-0.3, -0.25) is 0 Å². The summed E-state index contributed by atoms with van der Waals surface area (Å²) in [6.07, 6.45) is -4.38. The summed E-state index contributed by atoms with van der Waals surface area (Å²) in [6.45, 7) is 0.142. The van der Waals surface area contributed by atoms with Crippen LogP contribution in [0.2, 0.25) is 0 Å². The van der Waals surface area contributed by atoms with Crippen molar-refractivity contribution >= 4 is 5.90 Å². The molecule has 0 aromatic heterocycles. The van der Waals surface area contributed by atoms with Crippen molar-refractivity contribution in [2.75, 3.05) is 6.61 Å². The first-order valence-corrected chi connectivity index (χ1v) is 8.75. The van der Waals surface area contributed by atoms with Crippen molar-refractivity contribution in [2.45, 2.75) is 12.2 Å². The number of hydrogen-bond donors (Lipinski definition) is 0. The summed E-state index contributed by atoms with van der Waals surface area (Å²) in [5, 5.41) is 0. The monoisotopic (exact) mass is 403 g/mol. The molecule has 29 heavy (non-hydrogen) atoms. The van der Waals surface area contributed by atoms with E-state index < -0.39 is 29.4 Å². The predicted molar refractivity (Wildman–Crippen MR) is 98.5 cm³/mol. The highest BCUT2D eigenvalue weighted by atomic mass is 19.4. The molecule has 0 spiro atoms. The van der Waals surface area contributed by atoms with Crippen molar-refractivity contribution in [2.24, 2.45) is 4.99 Å². The van der Waals surface area contributed by atoms with Crippen molar-refractivity contribution in [3.63, 3.8) is 0 Å². The lowest BCUT2D eigenvalue weighted by molar-refractivity contribution is -0.137. The number of hydrogen-bond acceptors (Lipinski definition) is 2. The first-order valence-electron chi connectivity index (χ1n) is 8.75. The number of nitrogens with zero attached hydrogens (tertiary/aromatic N) is 1. The lowest BCUT2D eigenvalue weighted by Crippen LogP contribution is -2.07. The molecule has 7 heteroatoms. The first-order chi connectivity index (χ1) is 13.8. The van der Waals surface area contributed by atoms with E-state index >= 15 is 0 Å². The van der Waals surface area contributed by atoms with Gasteiger partial charge < -0.3 is 4.74 Å². The Bertz CT molecular complexity index is 1040. The van der Waals surface area contributed by atoms with E-state index in [1.807, 2.05) is 0 Å². The Morgan fingerprint density at radius 3 is 1.90 bits per heavy atom. The standard InChI is InChI=1S/C22H14F5NO/c23-17-2-1-3-18(24)20(17)21-28-19(12-29-21)15-6-4-13(5-7-15)14-8-10-16(11-9-14)22(25,26)27/h1-11,19H,12H2/t19-/m1/s1. The molecule has 1 aliphatic rings. The first kappa shape index (κ1) is 19.1. The molecule has 0 N–H and O–H groups in total. The molecule has 0 radical (unpaired) electrons. The van der Waals surface area contributed by atoms with Crippen LogP contribution < -0.4 is 0 Å². The fourth-order valence-corrected chi connectivity index (χ4v) is 3.13. The predicted octanol–water partition coefficient (Wildman–Crippen LogP) is 6.17. The van der Waals surface area contributed by atoms with E-state index in [4.69, 9.17) is 4.74 Å². The van der Waals surface area contributed by atoms with Gasteiger partial charge in [-0.2, -0.15) is 13.2 Å². The van der Waals surface area contributed by atoms with Crippen LogP contribution >= 0.6 is 0 Å². The van der Waals surface area contributed by atoms with Crippen LogP contribution in [0.3, 0.4) is 0 Å². The van der Waals surface area contributed by atoms with Gasteiger partial charge in [-0.15, -0.1) is 0 Å². The van der Waals surface area contributed by atoms with E-state index in [1.165, 1.54) is 18.2 Å². The number of benzene rings is 3. The number of aliphatic imine (C=N–C) groups is 1. The molecule has 0 unspecified atom stereocenters. The van der Waals surface area contributed by atoms with E-state index in [0.717, 1.165) is 35.4 Å². The lowest BCUT2D eigenvalue weighted by atomic mass is 10.0. The Morgan fingerprint density at radius 1 is 0.793 bits per heavy atom. The Hall–Kier alpha value is -3.22. The highest BCUT2D eigenvalue weighted by Crippen LogP contribution is 2.32. The smallest absolute Gasteiger partial charge is 0.416 e. The van der Waals surface area contributed by atoms with Gasteiger partial charge in [0, 0.05) is 0 Å². The average molecular weight is 403 g/mol. The zero-order valence-corrected chi connectivity index (χ0v) is 14.9. The minimum Gasteiger partial charge on any atom is -0.475 e. The van der Waals surface area contributed by atoms with E-state index in [1.54, 1.807) is 24.3 Å². The molecule has 0 saturated heterocycles. The molecule has 0 aliphatic carbocycles. The SMILES string of the molecule is Fc1cccc(F)c1C1=N[C@@H](c2ccc(-c3ccc(C(F)(F)F)cc3)cc2)CO1. The van der Waals surface area contributed by atoms with E-state index in [-0.39, 0.29) is 18.1 Å². The van der Waals surface area contributed by atoms with Crippen LogP contribution in [-0.4, -0.2) is 12.5 Å². The number of alkyl halides is 3.